The fourth-order valence-corrected chi connectivity index (χ4v) is 2.96. The quantitative estimate of drug-likeness (QED) is 0.431. The van der Waals surface area contributed by atoms with Crippen LogP contribution in [0.4, 0.5) is 5.69 Å². The molecule has 1 aliphatic heterocycles. The Balaban J connectivity index is 1.77. The third kappa shape index (κ3) is 5.30. The van der Waals surface area contributed by atoms with E-state index in [-0.39, 0.29) is 0 Å². The van der Waals surface area contributed by atoms with Gasteiger partial charge in [-0.3, -0.25) is 4.99 Å². The van der Waals surface area contributed by atoms with Crippen LogP contribution in [-0.2, 0) is 4.74 Å². The predicted molar refractivity (Wildman–Crippen MR) is 99.2 cm³/mol. The number of anilines is 1. The Hall–Kier alpha value is -1.95. The normalized spacial score (nSPS) is 17.9. The van der Waals surface area contributed by atoms with Gasteiger partial charge in [0.05, 0.1) is 19.4 Å². The average molecular weight is 334 g/mol. The topological polar surface area (TPSA) is 58.1 Å². The first-order valence-electron chi connectivity index (χ1n) is 8.68. The summed E-state index contributed by atoms with van der Waals surface area (Å²) in [6.45, 7) is 7.22. The molecule has 6 nitrogen and oxygen atoms in total. The number of nitrogens with zero attached hydrogens (tertiary/aromatic N) is 2. The number of methoxy groups -OCH3 is 1. The lowest BCUT2D eigenvalue weighted by Crippen LogP contribution is -2.41. The van der Waals surface area contributed by atoms with E-state index in [1.807, 2.05) is 19.1 Å². The first-order chi connectivity index (χ1) is 11.8. The van der Waals surface area contributed by atoms with Crippen molar-refractivity contribution in [1.29, 1.82) is 0 Å². The average Bonchev–Trinajstić information content (AvgIpc) is 3.10. The van der Waals surface area contributed by atoms with Gasteiger partial charge in [-0.25, -0.2) is 0 Å². The van der Waals surface area contributed by atoms with Crippen LogP contribution >= 0.6 is 0 Å². The number of rotatable bonds is 8. The van der Waals surface area contributed by atoms with Crippen LogP contribution in [0.25, 0.3) is 0 Å². The largest absolute Gasteiger partial charge is 0.495 e. The molecule has 0 bridgehead atoms. The summed E-state index contributed by atoms with van der Waals surface area (Å²) in [6, 6.07) is 8.22. The maximum Gasteiger partial charge on any atom is 0.191 e. The fourth-order valence-electron chi connectivity index (χ4n) is 2.96. The highest BCUT2D eigenvalue weighted by Gasteiger charge is 2.24. The van der Waals surface area contributed by atoms with Crippen molar-refractivity contribution in [3.63, 3.8) is 0 Å². The van der Waals surface area contributed by atoms with Gasteiger partial charge in [-0.15, -0.1) is 0 Å². The number of ether oxygens (including phenoxy) is 2. The fraction of sp³-hybridized carbons (Fsp3) is 0.611. The van der Waals surface area contributed by atoms with Crippen LogP contribution in [0, 0.1) is 5.92 Å². The lowest BCUT2D eigenvalue weighted by molar-refractivity contribution is 0.152. The second-order valence-electron chi connectivity index (χ2n) is 5.85. The first-order valence-corrected chi connectivity index (χ1v) is 8.68. The van der Waals surface area contributed by atoms with Gasteiger partial charge in [0.1, 0.15) is 5.75 Å². The Labute approximate surface area is 145 Å². The summed E-state index contributed by atoms with van der Waals surface area (Å²) in [6.07, 6.45) is 1.17. The summed E-state index contributed by atoms with van der Waals surface area (Å²) in [7, 11) is 3.53. The second kappa shape index (κ2) is 10.0. The van der Waals surface area contributed by atoms with Crippen LogP contribution in [0.2, 0.25) is 0 Å². The highest BCUT2D eigenvalue weighted by atomic mass is 16.5. The lowest BCUT2D eigenvalue weighted by atomic mass is 10.1. The van der Waals surface area contributed by atoms with Gasteiger partial charge < -0.3 is 25.0 Å². The number of hydrogen-bond donors (Lipinski definition) is 2. The minimum atomic E-state index is 0.598. The van der Waals surface area contributed by atoms with Crippen molar-refractivity contribution in [2.45, 2.75) is 13.3 Å². The molecule has 1 atom stereocenters. The zero-order valence-corrected chi connectivity index (χ0v) is 15.0. The second-order valence-corrected chi connectivity index (χ2v) is 5.85. The molecular formula is C18H30N4O2. The molecule has 0 aliphatic carbocycles. The number of benzene rings is 1. The van der Waals surface area contributed by atoms with E-state index < -0.39 is 0 Å². The van der Waals surface area contributed by atoms with E-state index >= 15 is 0 Å². The van der Waals surface area contributed by atoms with Crippen LogP contribution in [0.3, 0.4) is 0 Å². The zero-order chi connectivity index (χ0) is 17.2. The molecule has 0 saturated carbocycles. The van der Waals surface area contributed by atoms with Gasteiger partial charge in [-0.05, 0) is 31.4 Å². The van der Waals surface area contributed by atoms with Gasteiger partial charge >= 0.3 is 0 Å². The Bertz CT molecular complexity index is 521. The van der Waals surface area contributed by atoms with Crippen LogP contribution in [0.5, 0.6) is 5.75 Å². The van der Waals surface area contributed by atoms with E-state index in [0.717, 1.165) is 44.5 Å². The summed E-state index contributed by atoms with van der Waals surface area (Å²) in [5, 5.41) is 6.68. The maximum absolute atomic E-state index is 5.47. The number of guanidine groups is 1. The number of aliphatic imine (C=N–C) groups is 1. The van der Waals surface area contributed by atoms with Crippen molar-refractivity contribution in [2.75, 3.05) is 58.5 Å². The van der Waals surface area contributed by atoms with E-state index in [2.05, 4.69) is 32.7 Å². The summed E-state index contributed by atoms with van der Waals surface area (Å²) < 4.78 is 10.8. The highest BCUT2D eigenvalue weighted by molar-refractivity contribution is 5.79. The molecule has 6 heteroatoms. The number of para-hydroxylation sites is 2. The lowest BCUT2D eigenvalue weighted by Gasteiger charge is -2.21. The molecule has 1 unspecified atom stereocenters. The molecular weight excluding hydrogens is 304 g/mol. The Morgan fingerprint density at radius 1 is 1.33 bits per heavy atom. The molecule has 1 aromatic carbocycles. The standard InChI is InChI=1S/C18H30N4O2/c1-4-24-12-10-20-18(19-2)21-13-15-9-11-22(14-15)16-7-5-6-8-17(16)23-3/h5-8,15H,4,9-14H2,1-3H3,(H2,19,20,21). The van der Waals surface area contributed by atoms with E-state index in [0.29, 0.717) is 12.5 Å². The molecule has 0 radical (unpaired) electrons. The molecule has 0 aromatic heterocycles. The van der Waals surface area contributed by atoms with E-state index in [1.54, 1.807) is 14.2 Å². The Morgan fingerprint density at radius 3 is 2.92 bits per heavy atom. The van der Waals surface area contributed by atoms with E-state index in [9.17, 15) is 0 Å². The molecule has 1 fully saturated rings. The van der Waals surface area contributed by atoms with Gasteiger partial charge in [0.2, 0.25) is 0 Å². The van der Waals surface area contributed by atoms with Crippen molar-refractivity contribution < 1.29 is 9.47 Å². The van der Waals surface area contributed by atoms with Crippen molar-refractivity contribution in [1.82, 2.24) is 10.6 Å². The van der Waals surface area contributed by atoms with Crippen LogP contribution < -0.4 is 20.3 Å². The van der Waals surface area contributed by atoms with Gasteiger partial charge in [0, 0.05) is 39.8 Å². The minimum absolute atomic E-state index is 0.598. The minimum Gasteiger partial charge on any atom is -0.495 e. The summed E-state index contributed by atoms with van der Waals surface area (Å²) in [5.41, 5.74) is 1.18. The molecule has 0 spiro atoms. The predicted octanol–water partition coefficient (Wildman–Crippen LogP) is 1.72. The first kappa shape index (κ1) is 18.4. The number of nitrogens with one attached hydrogen (secondary N) is 2. The molecule has 1 aliphatic rings. The van der Waals surface area contributed by atoms with Gasteiger partial charge in [0.25, 0.3) is 0 Å². The maximum atomic E-state index is 5.47. The van der Waals surface area contributed by atoms with E-state index in [1.165, 1.54) is 12.1 Å². The molecule has 1 saturated heterocycles. The van der Waals surface area contributed by atoms with Crippen molar-refractivity contribution >= 4 is 11.6 Å². The van der Waals surface area contributed by atoms with Crippen molar-refractivity contribution in [2.24, 2.45) is 10.9 Å². The molecule has 134 valence electrons. The molecule has 1 aromatic rings. The SMILES string of the molecule is CCOCCNC(=NC)NCC1CCN(c2ccccc2OC)C1. The van der Waals surface area contributed by atoms with Crippen LogP contribution in [0.15, 0.2) is 29.3 Å². The van der Waals surface area contributed by atoms with Gasteiger partial charge in [-0.2, -0.15) is 0 Å². The molecule has 2 N–H and O–H groups in total. The smallest absolute Gasteiger partial charge is 0.191 e. The van der Waals surface area contributed by atoms with Crippen LogP contribution in [-0.4, -0.2) is 59.5 Å². The molecule has 2 rings (SSSR count). The molecule has 0 amide bonds. The third-order valence-corrected chi connectivity index (χ3v) is 4.24. The summed E-state index contributed by atoms with van der Waals surface area (Å²) in [5.74, 6) is 2.38. The Morgan fingerprint density at radius 2 is 2.17 bits per heavy atom. The van der Waals surface area contributed by atoms with Crippen molar-refractivity contribution in [3.8, 4) is 5.75 Å². The highest BCUT2D eigenvalue weighted by Crippen LogP contribution is 2.31. The van der Waals surface area contributed by atoms with Crippen molar-refractivity contribution in [3.05, 3.63) is 24.3 Å². The van der Waals surface area contributed by atoms with Gasteiger partial charge in [-0.1, -0.05) is 12.1 Å². The van der Waals surface area contributed by atoms with Gasteiger partial charge in [0.15, 0.2) is 5.96 Å². The summed E-state index contributed by atoms with van der Waals surface area (Å²) in [4.78, 5) is 6.66. The molecule has 1 heterocycles. The number of hydrogen-bond acceptors (Lipinski definition) is 4. The summed E-state index contributed by atoms with van der Waals surface area (Å²) >= 11 is 0. The Kier molecular flexibility index (Phi) is 7.68. The van der Waals surface area contributed by atoms with Crippen LogP contribution in [0.1, 0.15) is 13.3 Å². The molecule has 24 heavy (non-hydrogen) atoms. The third-order valence-electron chi connectivity index (χ3n) is 4.24. The van der Waals surface area contributed by atoms with E-state index in [4.69, 9.17) is 9.47 Å². The monoisotopic (exact) mass is 334 g/mol. The zero-order valence-electron chi connectivity index (χ0n) is 15.0.